The van der Waals surface area contributed by atoms with Gasteiger partial charge >= 0.3 is 0 Å². The van der Waals surface area contributed by atoms with E-state index in [1.165, 1.54) is 11.3 Å². The first-order valence-corrected chi connectivity index (χ1v) is 10.2. The third-order valence-corrected chi connectivity index (χ3v) is 6.16. The Morgan fingerprint density at radius 3 is 2.72 bits per heavy atom. The van der Waals surface area contributed by atoms with E-state index in [1.807, 2.05) is 36.6 Å². The van der Waals surface area contributed by atoms with E-state index in [0.717, 1.165) is 10.4 Å². The van der Waals surface area contributed by atoms with Gasteiger partial charge in [-0.3, -0.25) is 19.7 Å². The van der Waals surface area contributed by atoms with Crippen LogP contribution in [0.25, 0.3) is 10.6 Å². The summed E-state index contributed by atoms with van der Waals surface area (Å²) in [6, 6.07) is 12.5. The van der Waals surface area contributed by atoms with Gasteiger partial charge in [-0.15, -0.1) is 11.3 Å². The largest absolute Gasteiger partial charge is 0.355 e. The number of amides is 3. The number of aromatic nitrogens is 1. The van der Waals surface area contributed by atoms with Crippen LogP contribution < -0.4 is 10.6 Å². The molecule has 29 heavy (non-hydrogen) atoms. The second-order valence-electron chi connectivity index (χ2n) is 6.90. The van der Waals surface area contributed by atoms with Crippen LogP contribution in [0.15, 0.2) is 52.4 Å². The van der Waals surface area contributed by atoms with Gasteiger partial charge in [-0.05, 0) is 42.0 Å². The van der Waals surface area contributed by atoms with Crippen molar-refractivity contribution in [1.82, 2.24) is 10.5 Å². The number of rotatable bonds is 5. The Balaban J connectivity index is 1.49. The fourth-order valence-electron chi connectivity index (χ4n) is 3.55. The molecule has 1 saturated heterocycles. The predicted octanol–water partition coefficient (Wildman–Crippen LogP) is 3.74. The summed E-state index contributed by atoms with van der Waals surface area (Å²) in [6.07, 6.45) is 1.38. The zero-order chi connectivity index (χ0) is 20.4. The van der Waals surface area contributed by atoms with E-state index in [-0.39, 0.29) is 23.4 Å². The number of hydrogen-bond acceptors (Lipinski definition) is 6. The minimum Gasteiger partial charge on any atom is -0.355 e. The van der Waals surface area contributed by atoms with Gasteiger partial charge in [-0.25, -0.2) is 0 Å². The lowest BCUT2D eigenvalue weighted by molar-refractivity contribution is -0.138. The number of piperidine rings is 1. The topological polar surface area (TPSA) is 101 Å². The molecule has 8 heteroatoms. The van der Waals surface area contributed by atoms with Gasteiger partial charge in [0.15, 0.2) is 11.5 Å². The summed E-state index contributed by atoms with van der Waals surface area (Å²) in [7, 11) is 0. The van der Waals surface area contributed by atoms with E-state index >= 15 is 0 Å². The molecule has 1 unspecified atom stereocenters. The van der Waals surface area contributed by atoms with Gasteiger partial charge in [-0.2, -0.15) is 0 Å². The number of thiophene rings is 1. The third-order valence-electron chi connectivity index (χ3n) is 5.27. The molecule has 2 aromatic heterocycles. The quantitative estimate of drug-likeness (QED) is 0.625. The summed E-state index contributed by atoms with van der Waals surface area (Å²) >= 11 is 1.50. The summed E-state index contributed by atoms with van der Waals surface area (Å²) < 4.78 is 5.24. The average Bonchev–Trinajstić information content (AvgIpc) is 3.41. The van der Waals surface area contributed by atoms with Gasteiger partial charge in [0.2, 0.25) is 11.8 Å². The molecule has 0 aliphatic carbocycles. The van der Waals surface area contributed by atoms with E-state index < -0.39 is 5.41 Å². The first-order valence-electron chi connectivity index (χ1n) is 9.28. The number of anilines is 1. The molecule has 3 amide bonds. The summed E-state index contributed by atoms with van der Waals surface area (Å²) in [5.41, 5.74) is 0.869. The van der Waals surface area contributed by atoms with Crippen molar-refractivity contribution >= 4 is 34.7 Å². The molecule has 7 nitrogen and oxygen atoms in total. The van der Waals surface area contributed by atoms with Crippen LogP contribution in [0.2, 0.25) is 0 Å². The van der Waals surface area contributed by atoms with Crippen LogP contribution in [0.4, 0.5) is 5.69 Å². The zero-order valence-corrected chi connectivity index (χ0v) is 16.5. The van der Waals surface area contributed by atoms with E-state index in [9.17, 15) is 14.4 Å². The van der Waals surface area contributed by atoms with Crippen molar-refractivity contribution in [3.05, 3.63) is 59.1 Å². The molecule has 1 aliphatic rings. The van der Waals surface area contributed by atoms with Crippen LogP contribution in [0.5, 0.6) is 0 Å². The fourth-order valence-corrected chi connectivity index (χ4v) is 4.22. The van der Waals surface area contributed by atoms with Crippen molar-refractivity contribution in [2.75, 3.05) is 5.32 Å². The molecule has 2 N–H and O–H groups in total. The summed E-state index contributed by atoms with van der Waals surface area (Å²) in [6.45, 7) is 1.93. The lowest BCUT2D eigenvalue weighted by Crippen LogP contribution is -2.51. The first kappa shape index (κ1) is 19.1. The highest BCUT2D eigenvalue weighted by molar-refractivity contribution is 7.13. The minimum absolute atomic E-state index is 0.188. The molecule has 3 heterocycles. The Morgan fingerprint density at radius 1 is 1.28 bits per heavy atom. The Bertz CT molecular complexity index is 1060. The van der Waals surface area contributed by atoms with Crippen LogP contribution in [-0.2, 0) is 15.0 Å². The summed E-state index contributed by atoms with van der Waals surface area (Å²) in [5.74, 6) is -0.340. The monoisotopic (exact) mass is 409 g/mol. The Hall–Kier alpha value is -3.26. The van der Waals surface area contributed by atoms with Crippen LogP contribution in [-0.4, -0.2) is 22.9 Å². The third kappa shape index (κ3) is 3.58. The zero-order valence-electron chi connectivity index (χ0n) is 15.7. The van der Waals surface area contributed by atoms with Gasteiger partial charge in [-0.1, -0.05) is 30.3 Å². The van der Waals surface area contributed by atoms with Gasteiger partial charge in [0, 0.05) is 18.2 Å². The predicted molar refractivity (Wildman–Crippen MR) is 109 cm³/mol. The van der Waals surface area contributed by atoms with Crippen molar-refractivity contribution < 1.29 is 18.9 Å². The number of imide groups is 1. The van der Waals surface area contributed by atoms with Crippen molar-refractivity contribution in [3.63, 3.8) is 0 Å². The lowest BCUT2D eigenvalue weighted by atomic mass is 9.72. The second kappa shape index (κ2) is 7.63. The molecule has 0 bridgehead atoms. The molecule has 3 aromatic rings. The van der Waals surface area contributed by atoms with Crippen LogP contribution in [0, 0.1) is 0 Å². The highest BCUT2D eigenvalue weighted by Gasteiger charge is 2.42. The normalized spacial score (nSPS) is 19.1. The Morgan fingerprint density at radius 2 is 2.07 bits per heavy atom. The number of carbonyl (C=O) groups is 3. The molecule has 1 atom stereocenters. The van der Waals surface area contributed by atoms with Crippen LogP contribution in [0.1, 0.15) is 42.2 Å². The van der Waals surface area contributed by atoms with Crippen molar-refractivity contribution in [3.8, 4) is 10.6 Å². The minimum atomic E-state index is -0.724. The molecule has 1 fully saturated rings. The van der Waals surface area contributed by atoms with Crippen LogP contribution in [0.3, 0.4) is 0 Å². The molecular weight excluding hydrogens is 390 g/mol. The highest BCUT2D eigenvalue weighted by atomic mass is 32.1. The fraction of sp³-hybridized carbons (Fsp3) is 0.238. The van der Waals surface area contributed by atoms with Crippen molar-refractivity contribution in [2.24, 2.45) is 0 Å². The summed E-state index contributed by atoms with van der Waals surface area (Å²) in [5, 5.41) is 11.0. The maximum Gasteiger partial charge on any atom is 0.277 e. The van der Waals surface area contributed by atoms with E-state index in [1.54, 1.807) is 18.2 Å². The molecule has 0 saturated carbocycles. The molecule has 1 aromatic carbocycles. The van der Waals surface area contributed by atoms with Gasteiger partial charge in [0.25, 0.3) is 5.91 Å². The maximum absolute atomic E-state index is 12.5. The average molecular weight is 409 g/mol. The number of nitrogens with zero attached hydrogens (tertiary/aromatic N) is 1. The van der Waals surface area contributed by atoms with Gasteiger partial charge < -0.3 is 9.84 Å². The number of nitrogens with one attached hydrogen (secondary N) is 2. The van der Waals surface area contributed by atoms with E-state index in [2.05, 4.69) is 15.8 Å². The number of carbonyl (C=O) groups excluding carboxylic acids is 3. The molecule has 148 valence electrons. The molecule has 0 radical (unpaired) electrons. The van der Waals surface area contributed by atoms with E-state index in [4.69, 9.17) is 4.52 Å². The highest BCUT2D eigenvalue weighted by Crippen LogP contribution is 2.36. The van der Waals surface area contributed by atoms with Gasteiger partial charge in [0.1, 0.15) is 0 Å². The smallest absolute Gasteiger partial charge is 0.277 e. The van der Waals surface area contributed by atoms with E-state index in [0.29, 0.717) is 30.7 Å². The summed E-state index contributed by atoms with van der Waals surface area (Å²) in [4.78, 5) is 37.3. The van der Waals surface area contributed by atoms with Crippen molar-refractivity contribution in [2.45, 2.75) is 31.6 Å². The maximum atomic E-state index is 12.5. The Labute approximate surface area is 171 Å². The molecule has 1 aliphatic heterocycles. The first-order chi connectivity index (χ1) is 14.0. The second-order valence-corrected chi connectivity index (χ2v) is 7.85. The molecule has 4 rings (SSSR count). The van der Waals surface area contributed by atoms with Crippen LogP contribution >= 0.6 is 11.3 Å². The number of hydrogen-bond donors (Lipinski definition) is 2. The standard InChI is InChI=1S/C21H19N3O4S/c1-2-21(10-9-18(25)23-20(21)27)13-5-7-14(8-6-13)22-19(26)15-12-16(28-24-15)17-4-3-11-29-17/h3-8,11-12H,2,9-10H2,1H3,(H,22,26)(H,23,25,27). The number of benzene rings is 1. The lowest BCUT2D eigenvalue weighted by Gasteiger charge is -2.35. The Kier molecular flexibility index (Phi) is 5.02. The molecule has 0 spiro atoms. The molecular formula is C21H19N3O4S. The van der Waals surface area contributed by atoms with Gasteiger partial charge in [0.05, 0.1) is 10.3 Å². The SMILES string of the molecule is CCC1(c2ccc(NC(=O)c3cc(-c4cccs4)on3)cc2)CCC(=O)NC1=O. The van der Waals surface area contributed by atoms with Crippen molar-refractivity contribution in [1.29, 1.82) is 0 Å².